The van der Waals surface area contributed by atoms with Gasteiger partial charge in [0.2, 0.25) is 5.91 Å². The number of halogens is 3. The molecule has 2 rings (SSSR count). The number of alkyl halides is 3. The van der Waals surface area contributed by atoms with Crippen LogP contribution in [-0.2, 0) is 11.0 Å². The summed E-state index contributed by atoms with van der Waals surface area (Å²) in [5.74, 6) is 0.0180. The summed E-state index contributed by atoms with van der Waals surface area (Å²) in [5, 5.41) is 2.63. The van der Waals surface area contributed by atoms with Crippen molar-refractivity contribution in [3.05, 3.63) is 54.1 Å². The van der Waals surface area contributed by atoms with E-state index in [0.717, 1.165) is 12.1 Å². The molecule has 128 valence electrons. The number of carbonyl (C=O) groups excluding carboxylic acids is 1. The van der Waals surface area contributed by atoms with Gasteiger partial charge in [0.15, 0.2) is 0 Å². The van der Waals surface area contributed by atoms with Crippen molar-refractivity contribution in [1.29, 1.82) is 0 Å². The van der Waals surface area contributed by atoms with Gasteiger partial charge >= 0.3 is 6.18 Å². The van der Waals surface area contributed by atoms with Crippen molar-refractivity contribution in [3.63, 3.8) is 0 Å². The summed E-state index contributed by atoms with van der Waals surface area (Å²) >= 11 is 0. The predicted octanol–water partition coefficient (Wildman–Crippen LogP) is 4.17. The predicted molar refractivity (Wildman–Crippen MR) is 84.9 cm³/mol. The second-order valence-corrected chi connectivity index (χ2v) is 5.16. The molecule has 0 saturated heterocycles. The monoisotopic (exact) mass is 338 g/mol. The van der Waals surface area contributed by atoms with E-state index in [9.17, 15) is 18.0 Å². The molecule has 0 saturated carbocycles. The van der Waals surface area contributed by atoms with E-state index in [2.05, 4.69) is 5.32 Å². The van der Waals surface area contributed by atoms with Gasteiger partial charge in [-0.05, 0) is 36.8 Å². The standard InChI is InChI=1S/C17H17F3N2O2/c1-2-15(21)16(23)22-12-6-4-8-14(10-12)24-13-7-3-5-11(9-13)17(18,19)20/h3-10,15H,2,21H2,1H3,(H,22,23). The van der Waals surface area contributed by atoms with Gasteiger partial charge in [-0.2, -0.15) is 13.2 Å². The highest BCUT2D eigenvalue weighted by Gasteiger charge is 2.30. The fourth-order valence-corrected chi connectivity index (χ4v) is 1.93. The van der Waals surface area contributed by atoms with Crippen LogP contribution in [0.1, 0.15) is 18.9 Å². The van der Waals surface area contributed by atoms with Crippen molar-refractivity contribution in [2.24, 2.45) is 5.73 Å². The summed E-state index contributed by atoms with van der Waals surface area (Å²) in [5.41, 5.74) is 5.29. The number of hydrogen-bond donors (Lipinski definition) is 2. The molecule has 2 aromatic carbocycles. The van der Waals surface area contributed by atoms with Crippen molar-refractivity contribution in [2.75, 3.05) is 5.32 Å². The first-order chi connectivity index (χ1) is 11.3. The van der Waals surface area contributed by atoms with Gasteiger partial charge in [-0.25, -0.2) is 0 Å². The van der Waals surface area contributed by atoms with E-state index in [-0.39, 0.29) is 11.7 Å². The normalized spacial score (nSPS) is 12.5. The van der Waals surface area contributed by atoms with Crippen LogP contribution in [0.15, 0.2) is 48.5 Å². The fraction of sp³-hybridized carbons (Fsp3) is 0.235. The summed E-state index contributed by atoms with van der Waals surface area (Å²) in [6, 6.07) is 10.3. The number of rotatable bonds is 5. The molecular formula is C17H17F3N2O2. The first-order valence-electron chi connectivity index (χ1n) is 7.31. The molecule has 0 fully saturated rings. The lowest BCUT2D eigenvalue weighted by Gasteiger charge is -2.12. The van der Waals surface area contributed by atoms with Crippen LogP contribution < -0.4 is 15.8 Å². The number of ether oxygens (including phenoxy) is 1. The Bertz CT molecular complexity index is 717. The average Bonchev–Trinajstić information content (AvgIpc) is 2.54. The minimum absolute atomic E-state index is 0.0542. The smallest absolute Gasteiger partial charge is 0.416 e. The maximum atomic E-state index is 12.7. The Morgan fingerprint density at radius 1 is 1.17 bits per heavy atom. The molecule has 0 heterocycles. The van der Waals surface area contributed by atoms with Gasteiger partial charge < -0.3 is 15.8 Å². The van der Waals surface area contributed by atoms with Gasteiger partial charge in [0, 0.05) is 11.8 Å². The van der Waals surface area contributed by atoms with E-state index in [1.807, 2.05) is 0 Å². The molecule has 3 N–H and O–H groups in total. The lowest BCUT2D eigenvalue weighted by atomic mass is 10.2. The molecule has 0 spiro atoms. The zero-order chi connectivity index (χ0) is 17.7. The Morgan fingerprint density at radius 3 is 2.42 bits per heavy atom. The van der Waals surface area contributed by atoms with Gasteiger partial charge in [0.05, 0.1) is 11.6 Å². The zero-order valence-corrected chi connectivity index (χ0v) is 12.9. The van der Waals surface area contributed by atoms with Crippen LogP contribution in [0.2, 0.25) is 0 Å². The van der Waals surface area contributed by atoms with Crippen molar-refractivity contribution in [3.8, 4) is 11.5 Å². The molecule has 1 unspecified atom stereocenters. The van der Waals surface area contributed by atoms with Crippen molar-refractivity contribution in [1.82, 2.24) is 0 Å². The summed E-state index contributed by atoms with van der Waals surface area (Å²) in [6.07, 6.45) is -3.95. The summed E-state index contributed by atoms with van der Waals surface area (Å²) < 4.78 is 43.6. The fourth-order valence-electron chi connectivity index (χ4n) is 1.93. The Balaban J connectivity index is 2.14. The Labute approximate surface area is 137 Å². The number of amides is 1. The Hall–Kier alpha value is -2.54. The molecule has 0 aliphatic carbocycles. The van der Waals surface area contributed by atoms with Crippen molar-refractivity contribution >= 4 is 11.6 Å². The Morgan fingerprint density at radius 2 is 1.79 bits per heavy atom. The quantitative estimate of drug-likeness (QED) is 0.860. The first-order valence-corrected chi connectivity index (χ1v) is 7.31. The van der Waals surface area contributed by atoms with E-state index < -0.39 is 17.8 Å². The van der Waals surface area contributed by atoms with Gasteiger partial charge in [0.25, 0.3) is 0 Å². The molecule has 0 radical (unpaired) electrons. The van der Waals surface area contributed by atoms with Gasteiger partial charge in [-0.1, -0.05) is 19.1 Å². The van der Waals surface area contributed by atoms with E-state index >= 15 is 0 Å². The van der Waals surface area contributed by atoms with Gasteiger partial charge in [0.1, 0.15) is 11.5 Å². The molecule has 0 aliphatic heterocycles. The van der Waals surface area contributed by atoms with Crippen LogP contribution in [0.5, 0.6) is 11.5 Å². The minimum Gasteiger partial charge on any atom is -0.457 e. The number of nitrogens with two attached hydrogens (primary N) is 1. The van der Waals surface area contributed by atoms with E-state index in [1.54, 1.807) is 25.1 Å². The van der Waals surface area contributed by atoms with Gasteiger partial charge in [-0.3, -0.25) is 4.79 Å². The Kier molecular flexibility index (Phi) is 5.46. The molecule has 7 heteroatoms. The maximum Gasteiger partial charge on any atom is 0.416 e. The summed E-state index contributed by atoms with van der Waals surface area (Å²) in [4.78, 5) is 11.8. The number of anilines is 1. The molecular weight excluding hydrogens is 321 g/mol. The highest BCUT2D eigenvalue weighted by molar-refractivity contribution is 5.94. The minimum atomic E-state index is -4.44. The highest BCUT2D eigenvalue weighted by atomic mass is 19.4. The van der Waals surface area contributed by atoms with Crippen molar-refractivity contribution in [2.45, 2.75) is 25.6 Å². The number of carbonyl (C=O) groups is 1. The molecule has 24 heavy (non-hydrogen) atoms. The topological polar surface area (TPSA) is 64.4 Å². The van der Waals surface area contributed by atoms with Crippen molar-refractivity contribution < 1.29 is 22.7 Å². The van der Waals surface area contributed by atoms with Crippen LogP contribution in [0.25, 0.3) is 0 Å². The third-order valence-corrected chi connectivity index (χ3v) is 3.28. The zero-order valence-electron chi connectivity index (χ0n) is 12.9. The average molecular weight is 338 g/mol. The molecule has 0 aromatic heterocycles. The van der Waals surface area contributed by atoms with E-state index in [0.29, 0.717) is 17.9 Å². The number of hydrogen-bond acceptors (Lipinski definition) is 3. The third kappa shape index (κ3) is 4.73. The summed E-state index contributed by atoms with van der Waals surface area (Å²) in [6.45, 7) is 1.79. The first kappa shape index (κ1) is 17.8. The SMILES string of the molecule is CCC(N)C(=O)Nc1cccc(Oc2cccc(C(F)(F)F)c2)c1. The second kappa shape index (κ2) is 7.35. The van der Waals surface area contributed by atoms with Crippen LogP contribution in [0.3, 0.4) is 0 Å². The lowest BCUT2D eigenvalue weighted by Crippen LogP contribution is -2.34. The number of benzene rings is 2. The molecule has 0 bridgehead atoms. The van der Waals surface area contributed by atoms with E-state index in [1.165, 1.54) is 18.2 Å². The highest BCUT2D eigenvalue weighted by Crippen LogP contribution is 2.33. The third-order valence-electron chi connectivity index (χ3n) is 3.28. The second-order valence-electron chi connectivity index (χ2n) is 5.16. The van der Waals surface area contributed by atoms with Crippen LogP contribution >= 0.6 is 0 Å². The van der Waals surface area contributed by atoms with Crippen LogP contribution in [-0.4, -0.2) is 11.9 Å². The lowest BCUT2D eigenvalue weighted by molar-refractivity contribution is -0.137. The maximum absolute atomic E-state index is 12.7. The summed E-state index contributed by atoms with van der Waals surface area (Å²) in [7, 11) is 0. The molecule has 1 amide bonds. The molecule has 0 aliphatic rings. The van der Waals surface area contributed by atoms with Crippen LogP contribution in [0, 0.1) is 0 Å². The largest absolute Gasteiger partial charge is 0.457 e. The molecule has 4 nitrogen and oxygen atoms in total. The number of nitrogens with one attached hydrogen (secondary N) is 1. The van der Waals surface area contributed by atoms with Gasteiger partial charge in [-0.15, -0.1) is 0 Å². The molecule has 2 aromatic rings. The van der Waals surface area contributed by atoms with Crippen LogP contribution in [0.4, 0.5) is 18.9 Å². The molecule has 1 atom stereocenters. The van der Waals surface area contributed by atoms with E-state index in [4.69, 9.17) is 10.5 Å².